The first-order chi connectivity index (χ1) is 14.7. The van der Waals surface area contributed by atoms with Crippen molar-refractivity contribution in [1.82, 2.24) is 24.6 Å². The highest BCUT2D eigenvalue weighted by molar-refractivity contribution is 5.97. The van der Waals surface area contributed by atoms with E-state index < -0.39 is 23.7 Å². The van der Waals surface area contributed by atoms with Crippen LogP contribution in [0.25, 0.3) is 5.82 Å². The molecule has 0 saturated carbocycles. The molecule has 0 unspecified atom stereocenters. The van der Waals surface area contributed by atoms with Gasteiger partial charge in [0, 0.05) is 37.4 Å². The maximum absolute atomic E-state index is 13.3. The number of carbonyl (C=O) groups is 1. The normalized spacial score (nSPS) is 12.5. The number of carbonyl (C=O) groups excluding carboxylic acids is 1. The van der Waals surface area contributed by atoms with Crippen LogP contribution in [0.1, 0.15) is 35.3 Å². The Morgan fingerprint density at radius 2 is 2.03 bits per heavy atom. The molecule has 3 heterocycles. The van der Waals surface area contributed by atoms with E-state index in [0.717, 1.165) is 11.6 Å². The van der Waals surface area contributed by atoms with Crippen molar-refractivity contribution in [1.29, 1.82) is 0 Å². The number of aryl methyl sites for hydroxylation is 1. The van der Waals surface area contributed by atoms with Crippen molar-refractivity contribution in [3.05, 3.63) is 65.7 Å². The summed E-state index contributed by atoms with van der Waals surface area (Å²) in [5.41, 5.74) is -0.217. The van der Waals surface area contributed by atoms with Crippen molar-refractivity contribution < 1.29 is 22.7 Å². The van der Waals surface area contributed by atoms with Gasteiger partial charge in [0.05, 0.1) is 17.2 Å². The van der Waals surface area contributed by atoms with E-state index in [1.54, 1.807) is 32.2 Å². The second-order valence-corrected chi connectivity index (χ2v) is 6.97. The molecule has 3 aromatic heterocycles. The van der Waals surface area contributed by atoms with Gasteiger partial charge in [0.1, 0.15) is 6.61 Å². The molecule has 164 valence electrons. The third kappa shape index (κ3) is 5.19. The molecule has 0 fully saturated rings. The smallest absolute Gasteiger partial charge is 0.417 e. The number of pyridine rings is 2. The van der Waals surface area contributed by atoms with E-state index in [2.05, 4.69) is 15.1 Å². The van der Waals surface area contributed by atoms with Gasteiger partial charge in [-0.25, -0.2) is 14.6 Å². The summed E-state index contributed by atoms with van der Waals surface area (Å²) in [4.78, 5) is 22.7. The standard InChI is InChI=1S/C21H22F3N5O2/c1-4-28(15(3)13-31-18-7-6-14(2)11-25-18)20(30)17-10-16(21(22,23)24)12-26-19(17)29-9-5-8-27-29/h5-12,15H,4,13H2,1-3H3/t15-/m0/s1. The summed E-state index contributed by atoms with van der Waals surface area (Å²) in [6.07, 6.45) is 0.690. The Morgan fingerprint density at radius 3 is 2.61 bits per heavy atom. The van der Waals surface area contributed by atoms with Crippen LogP contribution in [0.4, 0.5) is 13.2 Å². The molecule has 1 amide bonds. The molecule has 0 radical (unpaired) electrons. The minimum atomic E-state index is -4.63. The average Bonchev–Trinajstić information content (AvgIpc) is 3.27. The zero-order chi connectivity index (χ0) is 22.6. The first-order valence-electron chi connectivity index (χ1n) is 9.64. The summed E-state index contributed by atoms with van der Waals surface area (Å²) in [5, 5.41) is 4.00. The van der Waals surface area contributed by atoms with Crippen LogP contribution in [0.15, 0.2) is 49.1 Å². The van der Waals surface area contributed by atoms with Crippen molar-refractivity contribution in [3.8, 4) is 11.7 Å². The first kappa shape index (κ1) is 22.3. The summed E-state index contributed by atoms with van der Waals surface area (Å²) in [5.74, 6) is -0.173. The fraction of sp³-hybridized carbons (Fsp3) is 0.333. The molecule has 0 aromatic carbocycles. The minimum Gasteiger partial charge on any atom is -0.475 e. The Balaban J connectivity index is 1.88. The summed E-state index contributed by atoms with van der Waals surface area (Å²) >= 11 is 0. The highest BCUT2D eigenvalue weighted by atomic mass is 19.4. The molecular formula is C21H22F3N5O2. The van der Waals surface area contributed by atoms with Gasteiger partial charge in [-0.05, 0) is 38.5 Å². The van der Waals surface area contributed by atoms with Crippen molar-refractivity contribution in [3.63, 3.8) is 0 Å². The summed E-state index contributed by atoms with van der Waals surface area (Å²) in [6, 6.07) is 5.54. The maximum atomic E-state index is 13.3. The molecule has 10 heteroatoms. The average molecular weight is 433 g/mol. The lowest BCUT2D eigenvalue weighted by atomic mass is 10.1. The lowest BCUT2D eigenvalue weighted by Gasteiger charge is -2.28. The molecule has 0 spiro atoms. The lowest BCUT2D eigenvalue weighted by molar-refractivity contribution is -0.137. The molecule has 0 N–H and O–H groups in total. The predicted octanol–water partition coefficient (Wildman–Crippen LogP) is 3.92. The second-order valence-electron chi connectivity index (χ2n) is 6.97. The van der Waals surface area contributed by atoms with Gasteiger partial charge >= 0.3 is 6.18 Å². The predicted molar refractivity (Wildman–Crippen MR) is 107 cm³/mol. The first-order valence-corrected chi connectivity index (χ1v) is 9.64. The number of hydrogen-bond donors (Lipinski definition) is 0. The van der Waals surface area contributed by atoms with Gasteiger partial charge in [-0.2, -0.15) is 18.3 Å². The Bertz CT molecular complexity index is 1020. The Hall–Kier alpha value is -3.43. The van der Waals surface area contributed by atoms with E-state index in [1.165, 1.54) is 22.0 Å². The van der Waals surface area contributed by atoms with E-state index in [0.29, 0.717) is 12.1 Å². The molecule has 1 atom stereocenters. The minimum absolute atomic E-state index is 0.0229. The SMILES string of the molecule is CCN(C(=O)c1cc(C(F)(F)F)cnc1-n1cccn1)[C@@H](C)COc1ccc(C)cn1. The molecule has 0 aliphatic carbocycles. The van der Waals surface area contributed by atoms with Gasteiger partial charge in [-0.15, -0.1) is 0 Å². The van der Waals surface area contributed by atoms with Crippen molar-refractivity contribution in [2.45, 2.75) is 33.0 Å². The number of nitrogens with zero attached hydrogens (tertiary/aromatic N) is 5. The molecule has 3 aromatic rings. The monoisotopic (exact) mass is 433 g/mol. The van der Waals surface area contributed by atoms with Crippen molar-refractivity contribution in [2.24, 2.45) is 0 Å². The second kappa shape index (κ2) is 9.15. The van der Waals surface area contributed by atoms with Gasteiger partial charge in [0.2, 0.25) is 5.88 Å². The maximum Gasteiger partial charge on any atom is 0.417 e. The summed E-state index contributed by atoms with van der Waals surface area (Å²) < 4.78 is 46.7. The molecule has 0 bridgehead atoms. The van der Waals surface area contributed by atoms with E-state index in [1.807, 2.05) is 13.0 Å². The Kier molecular flexibility index (Phi) is 6.57. The molecule has 3 rings (SSSR count). The lowest BCUT2D eigenvalue weighted by Crippen LogP contribution is -2.42. The number of halogens is 3. The molecule has 7 nitrogen and oxygen atoms in total. The molecule has 31 heavy (non-hydrogen) atoms. The van der Waals surface area contributed by atoms with Crippen LogP contribution >= 0.6 is 0 Å². The van der Waals surface area contributed by atoms with Gasteiger partial charge in [-0.3, -0.25) is 4.79 Å². The van der Waals surface area contributed by atoms with Crippen LogP contribution < -0.4 is 4.74 Å². The summed E-state index contributed by atoms with van der Waals surface area (Å²) in [6.45, 7) is 5.78. The molecule has 0 aliphatic heterocycles. The highest BCUT2D eigenvalue weighted by Gasteiger charge is 2.34. The molecule has 0 saturated heterocycles. The van der Waals surface area contributed by atoms with Crippen molar-refractivity contribution >= 4 is 5.91 Å². The molecule has 0 aliphatic rings. The van der Waals surface area contributed by atoms with E-state index >= 15 is 0 Å². The fourth-order valence-electron chi connectivity index (χ4n) is 2.99. The van der Waals surface area contributed by atoms with E-state index in [9.17, 15) is 18.0 Å². The number of likely N-dealkylation sites (N-methyl/N-ethyl adjacent to an activating group) is 1. The van der Waals surface area contributed by atoms with Crippen LogP contribution in [-0.2, 0) is 6.18 Å². The van der Waals surface area contributed by atoms with Crippen LogP contribution in [0.2, 0.25) is 0 Å². The van der Waals surface area contributed by atoms with Crippen LogP contribution in [-0.4, -0.2) is 49.7 Å². The number of rotatable bonds is 7. The van der Waals surface area contributed by atoms with Gasteiger partial charge < -0.3 is 9.64 Å². The largest absolute Gasteiger partial charge is 0.475 e. The zero-order valence-electron chi connectivity index (χ0n) is 17.3. The van der Waals surface area contributed by atoms with Gasteiger partial charge in [0.25, 0.3) is 5.91 Å². The molecular weight excluding hydrogens is 411 g/mol. The third-order valence-corrected chi connectivity index (χ3v) is 4.64. The Labute approximate surface area is 177 Å². The third-order valence-electron chi connectivity index (χ3n) is 4.64. The Morgan fingerprint density at radius 1 is 1.26 bits per heavy atom. The van der Waals surface area contributed by atoms with Crippen molar-refractivity contribution in [2.75, 3.05) is 13.2 Å². The topological polar surface area (TPSA) is 73.1 Å². The van der Waals surface area contributed by atoms with Gasteiger partial charge in [-0.1, -0.05) is 6.07 Å². The van der Waals surface area contributed by atoms with E-state index in [4.69, 9.17) is 4.74 Å². The number of alkyl halides is 3. The van der Waals surface area contributed by atoms with Gasteiger partial charge in [0.15, 0.2) is 5.82 Å². The van der Waals surface area contributed by atoms with E-state index in [-0.39, 0.29) is 24.5 Å². The quantitative estimate of drug-likeness (QED) is 0.565. The zero-order valence-corrected chi connectivity index (χ0v) is 17.3. The fourth-order valence-corrected chi connectivity index (χ4v) is 2.99. The number of amides is 1. The summed E-state index contributed by atoms with van der Waals surface area (Å²) in [7, 11) is 0. The van der Waals surface area contributed by atoms with Crippen LogP contribution in [0, 0.1) is 6.92 Å². The number of hydrogen-bond acceptors (Lipinski definition) is 5. The van der Waals surface area contributed by atoms with Crippen LogP contribution in [0.5, 0.6) is 5.88 Å². The highest BCUT2D eigenvalue weighted by Crippen LogP contribution is 2.31. The number of aromatic nitrogens is 4. The van der Waals surface area contributed by atoms with Crippen LogP contribution in [0.3, 0.4) is 0 Å². The number of ether oxygens (including phenoxy) is 1.